The number of carboxylic acid groups (broad SMARTS) is 1. The quantitative estimate of drug-likeness (QED) is 0.496. The Bertz CT molecular complexity index is 260. The van der Waals surface area contributed by atoms with Crippen molar-refractivity contribution in [1.82, 2.24) is 0 Å². The van der Waals surface area contributed by atoms with Crippen molar-refractivity contribution in [3.05, 3.63) is 0 Å². The van der Waals surface area contributed by atoms with E-state index >= 15 is 0 Å². The molecule has 7 heteroatoms. The Morgan fingerprint density at radius 3 is 2.00 bits per heavy atom. The van der Waals surface area contributed by atoms with E-state index in [2.05, 4.69) is 0 Å². The Morgan fingerprint density at radius 1 is 1.22 bits per heavy atom. The second-order valence-corrected chi connectivity index (χ2v) is 8.22. The molecule has 0 aromatic heterocycles. The first-order valence-corrected chi connectivity index (χ1v) is 7.85. The molecule has 0 heterocycles. The second kappa shape index (κ2) is 7.20. The first-order valence-electron chi connectivity index (χ1n) is 5.92. The maximum Gasteiger partial charge on any atom is 0.505 e. The monoisotopic (exact) mass is 280 g/mol. The zero-order chi connectivity index (χ0) is 14.4. The molecule has 0 aliphatic rings. The third-order valence-electron chi connectivity index (χ3n) is 3.15. The molecule has 0 amide bonds. The molecule has 1 unspecified atom stereocenters. The molecule has 18 heavy (non-hydrogen) atoms. The number of rotatable bonds is 9. The Labute approximate surface area is 110 Å². The summed E-state index contributed by atoms with van der Waals surface area (Å²) in [4.78, 5) is 10.9. The summed E-state index contributed by atoms with van der Waals surface area (Å²) in [5, 5.41) is 8.94. The fraction of sp³-hybridized carbons (Fsp3) is 0.909. The van der Waals surface area contributed by atoms with E-state index in [4.69, 9.17) is 18.4 Å². The van der Waals surface area contributed by atoms with E-state index in [9.17, 15) is 4.79 Å². The Kier molecular flexibility index (Phi) is 7.01. The maximum atomic E-state index is 10.9. The predicted molar refractivity (Wildman–Crippen MR) is 70.2 cm³/mol. The van der Waals surface area contributed by atoms with Gasteiger partial charge in [-0.05, 0) is 6.92 Å². The topological polar surface area (TPSA) is 65.0 Å². The van der Waals surface area contributed by atoms with Gasteiger partial charge in [0.15, 0.2) is 0 Å². The van der Waals surface area contributed by atoms with Gasteiger partial charge in [0.05, 0.1) is 33.2 Å². The van der Waals surface area contributed by atoms with Crippen LogP contribution in [0, 0.1) is 5.92 Å². The molecule has 0 aromatic carbocycles. The summed E-state index contributed by atoms with van der Waals surface area (Å²) in [6.45, 7) is 3.03. The molecule has 0 rings (SSSR count). The van der Waals surface area contributed by atoms with E-state index in [0.717, 1.165) is 6.54 Å². The first kappa shape index (κ1) is 17.5. The summed E-state index contributed by atoms with van der Waals surface area (Å²) >= 11 is 0. The van der Waals surface area contributed by atoms with Gasteiger partial charge in [0.2, 0.25) is 0 Å². The number of hydrogen-bond acceptors (Lipinski definition) is 4. The summed E-state index contributed by atoms with van der Waals surface area (Å²) in [7, 11) is 6.18. The molecule has 6 nitrogen and oxygen atoms in total. The molecule has 0 aromatic rings. The van der Waals surface area contributed by atoms with Crippen LogP contribution in [0.4, 0.5) is 0 Å². The van der Waals surface area contributed by atoms with Gasteiger partial charge in [0.1, 0.15) is 5.92 Å². The standard InChI is InChI=1S/C11H25NO5Si/c1-10(11(13)14)9-12(2,3)7-8-18(15-4,16-5)17-6/h10H,7-9H2,1-6H3/p+1. The van der Waals surface area contributed by atoms with Crippen LogP contribution in [0.3, 0.4) is 0 Å². The van der Waals surface area contributed by atoms with Gasteiger partial charge in [-0.3, -0.25) is 4.79 Å². The van der Waals surface area contributed by atoms with Gasteiger partial charge in [0.25, 0.3) is 0 Å². The SMILES string of the molecule is CO[Si](CC[N+](C)(C)CC(C)C(=O)O)(OC)OC. The Balaban J connectivity index is 4.45. The van der Waals surface area contributed by atoms with Crippen molar-refractivity contribution < 1.29 is 27.7 Å². The molecule has 0 aliphatic carbocycles. The third kappa shape index (κ3) is 5.45. The number of aliphatic carboxylic acids is 1. The Morgan fingerprint density at radius 2 is 1.67 bits per heavy atom. The zero-order valence-corrected chi connectivity index (χ0v) is 13.2. The lowest BCUT2D eigenvalue weighted by molar-refractivity contribution is -0.890. The van der Waals surface area contributed by atoms with Crippen molar-refractivity contribution in [3.63, 3.8) is 0 Å². The minimum atomic E-state index is -2.57. The number of hydrogen-bond donors (Lipinski definition) is 1. The number of carbonyl (C=O) groups is 1. The minimum Gasteiger partial charge on any atom is -0.481 e. The van der Waals surface area contributed by atoms with Crippen molar-refractivity contribution in [2.45, 2.75) is 13.0 Å². The summed E-state index contributed by atoms with van der Waals surface area (Å²) in [5.41, 5.74) is 0. The van der Waals surface area contributed by atoms with E-state index in [1.807, 2.05) is 14.1 Å². The molecular weight excluding hydrogens is 254 g/mol. The van der Waals surface area contributed by atoms with Crippen molar-refractivity contribution in [2.24, 2.45) is 5.92 Å². The minimum absolute atomic E-state index is 0.372. The number of quaternary nitrogens is 1. The Hall–Kier alpha value is -0.473. The van der Waals surface area contributed by atoms with E-state index in [0.29, 0.717) is 17.1 Å². The van der Waals surface area contributed by atoms with Gasteiger partial charge < -0.3 is 22.9 Å². The van der Waals surface area contributed by atoms with Crippen molar-refractivity contribution in [1.29, 1.82) is 0 Å². The highest BCUT2D eigenvalue weighted by Gasteiger charge is 2.40. The molecule has 0 spiro atoms. The smallest absolute Gasteiger partial charge is 0.481 e. The van der Waals surface area contributed by atoms with Crippen molar-refractivity contribution in [3.8, 4) is 0 Å². The van der Waals surface area contributed by atoms with Crippen LogP contribution in [-0.4, -0.2) is 72.9 Å². The van der Waals surface area contributed by atoms with Gasteiger partial charge >= 0.3 is 14.8 Å². The van der Waals surface area contributed by atoms with Gasteiger partial charge in [-0.1, -0.05) is 0 Å². The lowest BCUT2D eigenvalue weighted by Gasteiger charge is -2.34. The molecule has 108 valence electrons. The second-order valence-electron chi connectivity index (χ2n) is 5.13. The van der Waals surface area contributed by atoms with Gasteiger partial charge in [-0.15, -0.1) is 0 Å². The van der Waals surface area contributed by atoms with Crippen LogP contribution in [0.2, 0.25) is 6.04 Å². The van der Waals surface area contributed by atoms with E-state index < -0.39 is 14.8 Å². The molecule has 0 saturated heterocycles. The molecular formula is C11H26NO5Si+. The average Bonchev–Trinajstić information content (AvgIpc) is 2.31. The summed E-state index contributed by atoms with van der Waals surface area (Å²) in [6.07, 6.45) is 0. The first-order chi connectivity index (χ1) is 8.22. The third-order valence-corrected chi connectivity index (χ3v) is 5.85. The van der Waals surface area contributed by atoms with Crippen LogP contribution in [0.25, 0.3) is 0 Å². The lowest BCUT2D eigenvalue weighted by Crippen LogP contribution is -2.51. The van der Waals surface area contributed by atoms with E-state index in [1.54, 1.807) is 28.3 Å². The van der Waals surface area contributed by atoms with Crippen molar-refractivity contribution in [2.75, 3.05) is 48.5 Å². The summed E-state index contributed by atoms with van der Waals surface area (Å²) in [6, 6.07) is 0.663. The highest BCUT2D eigenvalue weighted by Crippen LogP contribution is 2.16. The molecule has 0 fully saturated rings. The predicted octanol–water partition coefficient (Wildman–Crippen LogP) is 0.662. The summed E-state index contributed by atoms with van der Waals surface area (Å²) < 4.78 is 16.7. The molecule has 1 atom stereocenters. The van der Waals surface area contributed by atoms with Crippen LogP contribution >= 0.6 is 0 Å². The normalized spacial score (nSPS) is 14.6. The summed E-state index contributed by atoms with van der Waals surface area (Å²) in [5.74, 6) is -1.14. The van der Waals surface area contributed by atoms with Crippen molar-refractivity contribution >= 4 is 14.8 Å². The molecule has 0 aliphatic heterocycles. The van der Waals surface area contributed by atoms with Crippen LogP contribution in [0.1, 0.15) is 6.92 Å². The highest BCUT2D eigenvalue weighted by atomic mass is 28.4. The van der Waals surface area contributed by atoms with Gasteiger partial charge in [0, 0.05) is 21.3 Å². The van der Waals surface area contributed by atoms with Crippen LogP contribution in [0.15, 0.2) is 0 Å². The number of nitrogens with zero attached hydrogens (tertiary/aromatic N) is 1. The highest BCUT2D eigenvalue weighted by molar-refractivity contribution is 6.60. The van der Waals surface area contributed by atoms with Crippen LogP contribution < -0.4 is 0 Å². The molecule has 1 N–H and O–H groups in total. The lowest BCUT2D eigenvalue weighted by atomic mass is 10.1. The van der Waals surface area contributed by atoms with E-state index in [-0.39, 0.29) is 5.92 Å². The molecule has 0 radical (unpaired) electrons. The zero-order valence-electron chi connectivity index (χ0n) is 12.2. The number of carboxylic acids is 1. The van der Waals surface area contributed by atoms with Gasteiger partial charge in [-0.25, -0.2) is 0 Å². The molecule has 0 saturated carbocycles. The largest absolute Gasteiger partial charge is 0.505 e. The fourth-order valence-electron chi connectivity index (χ4n) is 1.91. The molecule has 0 bridgehead atoms. The van der Waals surface area contributed by atoms with Gasteiger partial charge in [-0.2, -0.15) is 0 Å². The average molecular weight is 280 g/mol. The van der Waals surface area contributed by atoms with Crippen LogP contribution in [0.5, 0.6) is 0 Å². The maximum absolute atomic E-state index is 10.9. The van der Waals surface area contributed by atoms with Crippen LogP contribution in [-0.2, 0) is 18.1 Å². The fourth-order valence-corrected chi connectivity index (χ4v) is 3.90. The van der Waals surface area contributed by atoms with E-state index in [1.165, 1.54) is 0 Å².